The zero-order valence-electron chi connectivity index (χ0n) is 17.5. The molecule has 6 heteroatoms. The fourth-order valence-corrected chi connectivity index (χ4v) is 5.11. The van der Waals surface area contributed by atoms with E-state index in [-0.39, 0.29) is 11.1 Å². The van der Waals surface area contributed by atoms with Crippen LogP contribution in [0.4, 0.5) is 4.79 Å². The van der Waals surface area contributed by atoms with E-state index in [0.717, 1.165) is 51.7 Å². The summed E-state index contributed by atoms with van der Waals surface area (Å²) in [5.74, 6) is -0.199. The third kappa shape index (κ3) is 4.70. The number of amides is 2. The van der Waals surface area contributed by atoms with Crippen molar-refractivity contribution in [2.75, 3.05) is 6.54 Å². The summed E-state index contributed by atoms with van der Waals surface area (Å²) in [6, 6.07) is 20.3. The summed E-state index contributed by atoms with van der Waals surface area (Å²) in [6.45, 7) is 4.51. The first-order valence-electron chi connectivity index (χ1n) is 10.2. The zero-order chi connectivity index (χ0) is 22.0. The van der Waals surface area contributed by atoms with Gasteiger partial charge in [-0.2, -0.15) is 0 Å². The van der Waals surface area contributed by atoms with Gasteiger partial charge in [0, 0.05) is 28.1 Å². The van der Waals surface area contributed by atoms with Crippen molar-refractivity contribution in [3.63, 3.8) is 0 Å². The summed E-state index contributed by atoms with van der Waals surface area (Å²) in [5.41, 5.74) is 5.32. The maximum atomic E-state index is 12.9. The highest BCUT2D eigenvalue weighted by atomic mass is 79.9. The van der Waals surface area contributed by atoms with Crippen LogP contribution >= 0.6 is 27.7 Å². The Kier molecular flexibility index (Phi) is 6.49. The second kappa shape index (κ2) is 9.28. The second-order valence-corrected chi connectivity index (χ2v) is 9.47. The Balaban J connectivity index is 1.51. The van der Waals surface area contributed by atoms with Crippen LogP contribution in [0.1, 0.15) is 28.9 Å². The van der Waals surface area contributed by atoms with Gasteiger partial charge in [0.1, 0.15) is 0 Å². The highest BCUT2D eigenvalue weighted by molar-refractivity contribution is 9.10. The largest absolute Gasteiger partial charge is 0.318 e. The number of benzene rings is 2. The van der Waals surface area contributed by atoms with Crippen LogP contribution in [0.2, 0.25) is 0 Å². The molecule has 4 nitrogen and oxygen atoms in total. The molecule has 2 amide bonds. The third-order valence-corrected chi connectivity index (χ3v) is 6.79. The average Bonchev–Trinajstić information content (AvgIpc) is 3.18. The maximum absolute atomic E-state index is 12.9. The molecule has 3 aromatic rings. The van der Waals surface area contributed by atoms with Crippen molar-refractivity contribution in [3.05, 3.63) is 92.6 Å². The topological polar surface area (TPSA) is 42.3 Å². The minimum absolute atomic E-state index is 0.190. The lowest BCUT2D eigenvalue weighted by atomic mass is 10.1. The highest BCUT2D eigenvalue weighted by Crippen LogP contribution is 2.34. The molecule has 0 radical (unpaired) electrons. The van der Waals surface area contributed by atoms with Crippen LogP contribution in [0.15, 0.2) is 70.0 Å². The number of carbonyl (C=O) groups is 2. The van der Waals surface area contributed by atoms with Gasteiger partial charge in [-0.05, 0) is 79.9 Å². The molecule has 0 bridgehead atoms. The molecule has 1 aromatic heterocycles. The number of nitrogens with zero attached hydrogens (tertiary/aromatic N) is 2. The standard InChI is InChI=1S/C25H23BrN2O2S/c1-17-14-20(18(2)28(17)22-12-6-11-21(26)16-22)15-23-24(29)27(25(30)31-23)13-7-10-19-8-4-3-5-9-19/h3-6,8-9,11-12,14-16H,7,10,13H2,1-2H3/b23-15+. The fourth-order valence-electron chi connectivity index (χ4n) is 3.87. The molecule has 0 spiro atoms. The summed E-state index contributed by atoms with van der Waals surface area (Å²) < 4.78 is 3.16. The van der Waals surface area contributed by atoms with Crippen LogP contribution in [0.5, 0.6) is 0 Å². The van der Waals surface area contributed by atoms with Crippen molar-refractivity contribution >= 4 is 44.9 Å². The second-order valence-electron chi connectivity index (χ2n) is 7.56. The van der Waals surface area contributed by atoms with Gasteiger partial charge in [-0.3, -0.25) is 14.5 Å². The van der Waals surface area contributed by atoms with Crippen molar-refractivity contribution < 1.29 is 9.59 Å². The van der Waals surface area contributed by atoms with Crippen LogP contribution in [0.25, 0.3) is 11.8 Å². The summed E-state index contributed by atoms with van der Waals surface area (Å²) in [6.07, 6.45) is 3.45. The molecule has 0 atom stereocenters. The number of rotatable bonds is 6. The van der Waals surface area contributed by atoms with E-state index in [9.17, 15) is 9.59 Å². The number of imide groups is 1. The van der Waals surface area contributed by atoms with Crippen LogP contribution in [0, 0.1) is 13.8 Å². The lowest BCUT2D eigenvalue weighted by molar-refractivity contribution is -0.122. The van der Waals surface area contributed by atoms with Crippen LogP contribution in [0.3, 0.4) is 0 Å². The number of halogens is 1. The SMILES string of the molecule is Cc1cc(/C=C2/SC(=O)N(CCCc3ccccc3)C2=O)c(C)n1-c1cccc(Br)c1. The number of aryl methyl sites for hydroxylation is 2. The van der Waals surface area contributed by atoms with Gasteiger partial charge in [-0.25, -0.2) is 0 Å². The van der Waals surface area contributed by atoms with E-state index in [1.807, 2.05) is 50.3 Å². The summed E-state index contributed by atoms with van der Waals surface area (Å²) >= 11 is 4.55. The smallest absolute Gasteiger partial charge is 0.293 e. The zero-order valence-corrected chi connectivity index (χ0v) is 19.9. The van der Waals surface area contributed by atoms with Crippen molar-refractivity contribution in [2.24, 2.45) is 0 Å². The Bertz CT molecular complexity index is 1170. The molecule has 158 valence electrons. The predicted molar refractivity (Wildman–Crippen MR) is 130 cm³/mol. The summed E-state index contributed by atoms with van der Waals surface area (Å²) in [5, 5.41) is -0.190. The monoisotopic (exact) mass is 494 g/mol. The lowest BCUT2D eigenvalue weighted by Gasteiger charge is -2.12. The molecule has 2 heterocycles. The molecule has 1 fully saturated rings. The van der Waals surface area contributed by atoms with Crippen molar-refractivity contribution in [1.82, 2.24) is 9.47 Å². The molecular weight excluding hydrogens is 472 g/mol. The molecule has 0 aliphatic carbocycles. The number of carbonyl (C=O) groups excluding carboxylic acids is 2. The van der Waals surface area contributed by atoms with E-state index in [4.69, 9.17) is 0 Å². The Labute approximate surface area is 195 Å². The third-order valence-electron chi connectivity index (χ3n) is 5.39. The molecule has 4 rings (SSSR count). The van der Waals surface area contributed by atoms with E-state index in [2.05, 4.69) is 50.8 Å². The molecule has 0 N–H and O–H groups in total. The van der Waals surface area contributed by atoms with Crippen LogP contribution in [-0.4, -0.2) is 27.2 Å². The van der Waals surface area contributed by atoms with Gasteiger partial charge < -0.3 is 4.57 Å². The summed E-state index contributed by atoms with van der Waals surface area (Å²) in [7, 11) is 0. The normalized spacial score (nSPS) is 15.3. The number of hydrogen-bond acceptors (Lipinski definition) is 3. The van der Waals surface area contributed by atoms with Gasteiger partial charge in [-0.1, -0.05) is 52.3 Å². The molecule has 31 heavy (non-hydrogen) atoms. The fraction of sp³-hybridized carbons (Fsp3) is 0.200. The highest BCUT2D eigenvalue weighted by Gasteiger charge is 2.34. The molecule has 1 aliphatic heterocycles. The Morgan fingerprint density at radius 1 is 1.00 bits per heavy atom. The molecular formula is C25H23BrN2O2S. The molecule has 0 saturated carbocycles. The van der Waals surface area contributed by atoms with Crippen LogP contribution < -0.4 is 0 Å². The first-order chi connectivity index (χ1) is 14.9. The van der Waals surface area contributed by atoms with Gasteiger partial charge in [-0.15, -0.1) is 0 Å². The first-order valence-corrected chi connectivity index (χ1v) is 11.8. The van der Waals surface area contributed by atoms with E-state index in [0.29, 0.717) is 11.4 Å². The molecule has 1 saturated heterocycles. The van der Waals surface area contributed by atoms with Gasteiger partial charge in [0.15, 0.2) is 0 Å². The maximum Gasteiger partial charge on any atom is 0.293 e. The van der Waals surface area contributed by atoms with E-state index in [1.54, 1.807) is 0 Å². The molecule has 2 aromatic carbocycles. The Hall–Kier alpha value is -2.57. The van der Waals surface area contributed by atoms with Crippen molar-refractivity contribution in [1.29, 1.82) is 0 Å². The summed E-state index contributed by atoms with van der Waals surface area (Å²) in [4.78, 5) is 27.2. The predicted octanol–water partition coefficient (Wildman–Crippen LogP) is 6.53. The number of thioether (sulfide) groups is 1. The lowest BCUT2D eigenvalue weighted by Crippen LogP contribution is -2.29. The van der Waals surface area contributed by atoms with Gasteiger partial charge in [0.25, 0.3) is 11.1 Å². The van der Waals surface area contributed by atoms with Gasteiger partial charge in [0.2, 0.25) is 0 Å². The first kappa shape index (κ1) is 21.7. The van der Waals surface area contributed by atoms with Crippen molar-refractivity contribution in [2.45, 2.75) is 26.7 Å². The quantitative estimate of drug-likeness (QED) is 0.366. The van der Waals surface area contributed by atoms with Gasteiger partial charge >= 0.3 is 0 Å². The van der Waals surface area contributed by atoms with E-state index < -0.39 is 0 Å². The average molecular weight is 495 g/mol. The van der Waals surface area contributed by atoms with E-state index in [1.165, 1.54) is 10.5 Å². The Morgan fingerprint density at radius 2 is 1.77 bits per heavy atom. The van der Waals surface area contributed by atoms with Crippen molar-refractivity contribution in [3.8, 4) is 5.69 Å². The Morgan fingerprint density at radius 3 is 2.52 bits per heavy atom. The molecule has 1 aliphatic rings. The molecule has 0 unspecified atom stereocenters. The van der Waals surface area contributed by atoms with Crippen LogP contribution in [-0.2, 0) is 11.2 Å². The number of aromatic nitrogens is 1. The minimum atomic E-state index is -0.199. The van der Waals surface area contributed by atoms with Gasteiger partial charge in [0.05, 0.1) is 4.91 Å². The van der Waals surface area contributed by atoms with E-state index >= 15 is 0 Å². The minimum Gasteiger partial charge on any atom is -0.318 e. The number of hydrogen-bond donors (Lipinski definition) is 0.